The van der Waals surface area contributed by atoms with Gasteiger partial charge < -0.3 is 19.9 Å². The normalized spacial score (nSPS) is 17.8. The molecule has 3 aromatic rings. The van der Waals surface area contributed by atoms with E-state index in [1.165, 1.54) is 0 Å². The summed E-state index contributed by atoms with van der Waals surface area (Å²) in [7, 11) is 0. The Hall–Kier alpha value is -4.01. The molecule has 0 saturated heterocycles. The van der Waals surface area contributed by atoms with Gasteiger partial charge in [-0.2, -0.15) is 0 Å². The van der Waals surface area contributed by atoms with Crippen molar-refractivity contribution in [2.24, 2.45) is 10.1 Å². The quantitative estimate of drug-likeness (QED) is 0.0833. The second-order valence-corrected chi connectivity index (χ2v) is 9.79. The van der Waals surface area contributed by atoms with E-state index in [0.29, 0.717) is 51.2 Å². The molecular weight excluding hydrogens is 553 g/mol. The number of azide groups is 1. The average Bonchev–Trinajstić information content (AvgIpc) is 3.33. The molecule has 0 unspecified atom stereocenters. The third kappa shape index (κ3) is 6.41. The number of halogens is 2. The molecule has 40 heavy (non-hydrogen) atoms. The number of carbonyl (C=O) groups excluding carboxylic acids is 1. The molecule has 0 bridgehead atoms. The number of aliphatic imine (C=N–C) groups is 1. The van der Waals surface area contributed by atoms with Crippen molar-refractivity contribution in [1.29, 1.82) is 0 Å². The van der Waals surface area contributed by atoms with Crippen LogP contribution in [0.4, 0.5) is 5.69 Å². The monoisotopic (exact) mass is 579 g/mol. The Morgan fingerprint density at radius 1 is 1.23 bits per heavy atom. The summed E-state index contributed by atoms with van der Waals surface area (Å²) in [5.74, 6) is 0.428. The van der Waals surface area contributed by atoms with E-state index in [9.17, 15) is 4.79 Å². The maximum atomic E-state index is 14.0. The van der Waals surface area contributed by atoms with E-state index < -0.39 is 17.6 Å². The molecule has 0 fully saturated rings. The van der Waals surface area contributed by atoms with E-state index in [-0.39, 0.29) is 25.5 Å². The fourth-order valence-electron chi connectivity index (χ4n) is 4.39. The Balaban J connectivity index is 1.85. The number of hydrogen-bond acceptors (Lipinski definition) is 6. The lowest BCUT2D eigenvalue weighted by Crippen LogP contribution is -2.50. The fraction of sp³-hybridized carbons (Fsp3) is 0.241. The maximum absolute atomic E-state index is 14.0. The average molecular weight is 580 g/mol. The number of nitrogens with one attached hydrogen (secondary N) is 1. The highest BCUT2D eigenvalue weighted by atomic mass is 35.5. The number of nitrogens with zero attached hydrogens (tertiary/aromatic N) is 4. The predicted octanol–water partition coefficient (Wildman–Crippen LogP) is 6.50. The van der Waals surface area contributed by atoms with E-state index in [1.807, 2.05) is 0 Å². The fourth-order valence-corrected chi connectivity index (χ4v) is 4.90. The van der Waals surface area contributed by atoms with Crippen molar-refractivity contribution in [1.82, 2.24) is 5.32 Å². The largest absolute Gasteiger partial charge is 0.494 e. The minimum Gasteiger partial charge on any atom is -0.494 e. The summed E-state index contributed by atoms with van der Waals surface area (Å²) >= 11 is 12.8. The molecule has 1 heterocycles. The van der Waals surface area contributed by atoms with Crippen LogP contribution < -0.4 is 10.1 Å². The van der Waals surface area contributed by atoms with Crippen molar-refractivity contribution >= 4 is 40.7 Å². The van der Waals surface area contributed by atoms with E-state index in [4.69, 9.17) is 48.3 Å². The number of benzene rings is 3. The molecule has 9 nitrogen and oxygen atoms in total. The Kier molecular flexibility index (Phi) is 9.69. The second-order valence-electron chi connectivity index (χ2n) is 8.95. The highest BCUT2D eigenvalue weighted by Crippen LogP contribution is 2.46. The van der Waals surface area contributed by atoms with Gasteiger partial charge in [-0.15, -0.1) is 6.58 Å². The molecule has 206 valence electrons. The maximum Gasteiger partial charge on any atom is 0.252 e. The van der Waals surface area contributed by atoms with Crippen LogP contribution in [0.1, 0.15) is 29.2 Å². The molecule has 0 saturated carbocycles. The first kappa shape index (κ1) is 29.0. The Labute approximate surface area is 241 Å². The van der Waals surface area contributed by atoms with Crippen molar-refractivity contribution < 1.29 is 19.4 Å². The first-order chi connectivity index (χ1) is 19.4. The topological polar surface area (TPSA) is 129 Å². The van der Waals surface area contributed by atoms with Gasteiger partial charge in [0.15, 0.2) is 11.6 Å². The van der Waals surface area contributed by atoms with Gasteiger partial charge in [0.25, 0.3) is 5.91 Å². The molecule has 0 spiro atoms. The number of aliphatic hydroxyl groups excluding tert-OH is 1. The number of rotatable bonds is 12. The van der Waals surface area contributed by atoms with Crippen molar-refractivity contribution in [3.8, 4) is 5.75 Å². The van der Waals surface area contributed by atoms with Crippen molar-refractivity contribution in [2.45, 2.75) is 24.5 Å². The molecular formula is C29H27Cl2N5O4. The zero-order valence-corrected chi connectivity index (χ0v) is 23.0. The lowest BCUT2D eigenvalue weighted by Gasteiger charge is -2.31. The van der Waals surface area contributed by atoms with Crippen molar-refractivity contribution in [3.05, 3.63) is 117 Å². The van der Waals surface area contributed by atoms with Gasteiger partial charge in [0.2, 0.25) is 5.90 Å². The van der Waals surface area contributed by atoms with Gasteiger partial charge in [0, 0.05) is 57.8 Å². The molecule has 2 N–H and O–H groups in total. The lowest BCUT2D eigenvalue weighted by molar-refractivity contribution is -0.128. The summed E-state index contributed by atoms with van der Waals surface area (Å²) in [4.78, 5) is 21.8. The Bertz CT molecular complexity index is 1460. The Morgan fingerprint density at radius 2 is 2.00 bits per heavy atom. The van der Waals surface area contributed by atoms with Crippen LogP contribution >= 0.6 is 23.2 Å². The van der Waals surface area contributed by atoms with Gasteiger partial charge in [-0.1, -0.05) is 64.7 Å². The van der Waals surface area contributed by atoms with Gasteiger partial charge in [0.05, 0.1) is 6.61 Å². The van der Waals surface area contributed by atoms with E-state index in [2.05, 4.69) is 21.9 Å². The van der Waals surface area contributed by atoms with Crippen LogP contribution in [0.25, 0.3) is 10.4 Å². The summed E-state index contributed by atoms with van der Waals surface area (Å²) in [6.07, 6.45) is 1.18. The summed E-state index contributed by atoms with van der Waals surface area (Å²) in [5, 5.41) is 16.4. The van der Waals surface area contributed by atoms with Gasteiger partial charge >= 0.3 is 0 Å². The molecule has 0 aromatic heterocycles. The summed E-state index contributed by atoms with van der Waals surface area (Å²) in [6, 6.07) is 19.0. The number of ether oxygens (including phenoxy) is 2. The molecule has 1 aliphatic rings. The van der Waals surface area contributed by atoms with E-state index in [0.717, 1.165) is 0 Å². The first-order valence-electron chi connectivity index (χ1n) is 12.5. The molecule has 11 heteroatoms. The van der Waals surface area contributed by atoms with Crippen LogP contribution in [0.5, 0.6) is 5.75 Å². The third-order valence-corrected chi connectivity index (χ3v) is 6.85. The third-order valence-electron chi connectivity index (χ3n) is 6.29. The highest BCUT2D eigenvalue weighted by molar-refractivity contribution is 6.35. The van der Waals surface area contributed by atoms with Crippen molar-refractivity contribution in [2.75, 3.05) is 19.8 Å². The van der Waals surface area contributed by atoms with Gasteiger partial charge in [-0.25, -0.2) is 4.99 Å². The van der Waals surface area contributed by atoms with Gasteiger partial charge in [-0.05, 0) is 47.5 Å². The number of carbonyl (C=O) groups is 1. The second kappa shape index (κ2) is 13.4. The first-order valence-corrected chi connectivity index (χ1v) is 13.2. The van der Waals surface area contributed by atoms with E-state index in [1.54, 1.807) is 72.8 Å². The number of amides is 1. The molecule has 4 rings (SSSR count). The zero-order chi connectivity index (χ0) is 28.5. The predicted molar refractivity (Wildman–Crippen MR) is 155 cm³/mol. The molecule has 0 radical (unpaired) electrons. The molecule has 2 atom stereocenters. The number of hydrogen-bond donors (Lipinski definition) is 2. The zero-order valence-electron chi connectivity index (χ0n) is 21.5. The molecule has 1 aliphatic heterocycles. The summed E-state index contributed by atoms with van der Waals surface area (Å²) < 4.78 is 12.1. The smallest absolute Gasteiger partial charge is 0.252 e. The van der Waals surface area contributed by atoms with Crippen LogP contribution in [0.15, 0.2) is 89.5 Å². The van der Waals surface area contributed by atoms with Crippen LogP contribution in [0, 0.1) is 0 Å². The van der Waals surface area contributed by atoms with Gasteiger partial charge in [0.1, 0.15) is 5.75 Å². The SMILES string of the molecule is C=CCNC(=O)[C@]1(Cc2ccccc2N=[N+]=[N-])N=C(c2ccc(OCCCO)cc2)O[C@@H]1c1ccc(Cl)cc1Cl. The van der Waals surface area contributed by atoms with Crippen LogP contribution in [0.2, 0.25) is 10.0 Å². The standard InChI is InChI=1S/C29H27Cl2N5O4/c1-2-14-33-28(38)29(18-20-6-3-4-7-25(20)35-36-32)26(23-13-10-21(30)17-24(23)31)40-27(34-29)19-8-11-22(12-9-19)39-16-5-15-37/h2-4,6-13,17,26,37H,1,5,14-16,18H2,(H,33,38)/t26-,29-/m1/s1. The van der Waals surface area contributed by atoms with Crippen LogP contribution in [-0.2, 0) is 16.0 Å². The summed E-state index contributed by atoms with van der Waals surface area (Å²) in [6.45, 7) is 4.32. The molecule has 0 aliphatic carbocycles. The van der Waals surface area contributed by atoms with E-state index >= 15 is 0 Å². The van der Waals surface area contributed by atoms with Crippen LogP contribution in [-0.4, -0.2) is 42.2 Å². The lowest BCUT2D eigenvalue weighted by atomic mass is 9.81. The highest BCUT2D eigenvalue weighted by Gasteiger charge is 2.54. The Morgan fingerprint density at radius 3 is 2.70 bits per heavy atom. The molecule has 1 amide bonds. The number of aliphatic hydroxyl groups is 1. The van der Waals surface area contributed by atoms with Gasteiger partial charge in [-0.3, -0.25) is 4.79 Å². The minimum atomic E-state index is -1.53. The molecule has 3 aromatic carbocycles. The van der Waals surface area contributed by atoms with Crippen LogP contribution in [0.3, 0.4) is 0 Å². The minimum absolute atomic E-state index is 0.0379. The summed E-state index contributed by atoms with van der Waals surface area (Å²) in [5.41, 5.74) is 9.70. The van der Waals surface area contributed by atoms with Crippen molar-refractivity contribution in [3.63, 3.8) is 0 Å².